The summed E-state index contributed by atoms with van der Waals surface area (Å²) in [4.78, 5) is 38.3. The summed E-state index contributed by atoms with van der Waals surface area (Å²) in [6.45, 7) is 13.4. The van der Waals surface area contributed by atoms with Gasteiger partial charge in [0.15, 0.2) is 11.5 Å². The number of nitrogens with one attached hydrogen (secondary N) is 2. The predicted molar refractivity (Wildman–Crippen MR) is 182 cm³/mol. The van der Waals surface area contributed by atoms with Gasteiger partial charge < -0.3 is 14.5 Å². The number of para-hydroxylation sites is 1. The first-order chi connectivity index (χ1) is 22.0. The van der Waals surface area contributed by atoms with Crippen molar-refractivity contribution in [3.63, 3.8) is 0 Å². The molecule has 0 bridgehead atoms. The summed E-state index contributed by atoms with van der Waals surface area (Å²) >= 11 is 0. The Labute approximate surface area is 273 Å². The summed E-state index contributed by atoms with van der Waals surface area (Å²) in [6, 6.07) is 6.66. The number of anilines is 1. The molecule has 2 N–H and O–H groups in total. The number of nitrogens with zero attached hydrogens (tertiary/aromatic N) is 5. The number of aromatic nitrogens is 3. The van der Waals surface area contributed by atoms with Crippen molar-refractivity contribution in [2.45, 2.75) is 90.9 Å². The minimum absolute atomic E-state index is 0.0164. The number of rotatable bonds is 19. The topological polar surface area (TPSA) is 133 Å². The number of unbranched alkanes of at least 4 members (excludes halogenated alkanes) is 10. The molecule has 0 saturated heterocycles. The number of H-pyrrole nitrogens is 1. The van der Waals surface area contributed by atoms with Gasteiger partial charge in [-0.2, -0.15) is 0 Å². The van der Waals surface area contributed by atoms with Crippen molar-refractivity contribution in [1.29, 1.82) is 0 Å². The van der Waals surface area contributed by atoms with Gasteiger partial charge in [-0.3, -0.25) is 14.6 Å². The lowest BCUT2D eigenvalue weighted by atomic mass is 10.1. The van der Waals surface area contributed by atoms with Crippen LogP contribution in [0.3, 0.4) is 0 Å². The van der Waals surface area contributed by atoms with E-state index in [9.17, 15) is 18.0 Å². The third-order valence-corrected chi connectivity index (χ3v) is 8.32. The lowest BCUT2D eigenvalue weighted by Gasteiger charge is -2.22. The lowest BCUT2D eigenvalue weighted by Crippen LogP contribution is -2.35. The van der Waals surface area contributed by atoms with E-state index >= 15 is 0 Å². The second kappa shape index (κ2) is 17.6. The van der Waals surface area contributed by atoms with Crippen LogP contribution in [0.5, 0.6) is 5.88 Å². The zero-order valence-electron chi connectivity index (χ0n) is 27.9. The molecule has 1 aromatic carbocycles. The summed E-state index contributed by atoms with van der Waals surface area (Å²) < 4.78 is 33.8. The fourth-order valence-electron chi connectivity index (χ4n) is 5.30. The first-order valence-corrected chi connectivity index (χ1v) is 18.2. The van der Waals surface area contributed by atoms with E-state index in [-0.39, 0.29) is 34.3 Å². The molecule has 252 valence electrons. The SMILES string of the molecule is [C-]#[N+]c1c(C(=O)N(C)C)c2nc(-c3ccccc3NS(C)(=O)=O)[nH]n2c1OC(=O)N(CCCCCCCC)CCCCCCCC. The summed E-state index contributed by atoms with van der Waals surface area (Å²) in [7, 11) is -0.480. The normalized spacial score (nSPS) is 11.4. The maximum absolute atomic E-state index is 13.7. The van der Waals surface area contributed by atoms with Crippen LogP contribution in [0.25, 0.3) is 21.9 Å². The van der Waals surface area contributed by atoms with Crippen LogP contribution in [0.4, 0.5) is 16.2 Å². The second-order valence-electron chi connectivity index (χ2n) is 11.9. The highest BCUT2D eigenvalue weighted by Crippen LogP contribution is 2.39. The maximum Gasteiger partial charge on any atom is 0.415 e. The smallest absolute Gasteiger partial charge is 0.402 e. The predicted octanol–water partition coefficient (Wildman–Crippen LogP) is 7.48. The van der Waals surface area contributed by atoms with Gasteiger partial charge in [0.25, 0.3) is 5.69 Å². The number of sulfonamides is 1. The Bertz CT molecular complexity index is 1590. The first kappa shape index (κ1) is 36.4. The van der Waals surface area contributed by atoms with Crippen LogP contribution in [0.1, 0.15) is 101 Å². The highest BCUT2D eigenvalue weighted by Gasteiger charge is 2.31. The van der Waals surface area contributed by atoms with Crippen LogP contribution >= 0.6 is 0 Å². The fraction of sp³-hybridized carbons (Fsp3) is 0.576. The maximum atomic E-state index is 13.7. The Morgan fingerprint density at radius 1 is 0.957 bits per heavy atom. The molecule has 0 spiro atoms. The number of hydrogen-bond donors (Lipinski definition) is 2. The molecular weight excluding hydrogens is 606 g/mol. The van der Waals surface area contributed by atoms with Gasteiger partial charge >= 0.3 is 6.09 Å². The number of amides is 2. The first-order valence-electron chi connectivity index (χ1n) is 16.3. The summed E-state index contributed by atoms with van der Waals surface area (Å²) in [5, 5.41) is 3.04. The Hall–Kier alpha value is -4.05. The van der Waals surface area contributed by atoms with Crippen LogP contribution in [-0.4, -0.2) is 78.3 Å². The van der Waals surface area contributed by atoms with Gasteiger partial charge in [0.05, 0.1) is 24.1 Å². The van der Waals surface area contributed by atoms with E-state index in [0.29, 0.717) is 18.7 Å². The number of carbonyl (C=O) groups excluding carboxylic acids is 2. The molecule has 3 rings (SSSR count). The van der Waals surface area contributed by atoms with Gasteiger partial charge in [-0.05, 0) is 25.0 Å². The molecule has 2 aromatic heterocycles. The molecule has 13 heteroatoms. The zero-order chi connectivity index (χ0) is 33.7. The Kier molecular flexibility index (Phi) is 13.9. The van der Waals surface area contributed by atoms with Crippen molar-refractivity contribution in [3.05, 3.63) is 41.2 Å². The minimum Gasteiger partial charge on any atom is -0.402 e. The minimum atomic E-state index is -3.60. The van der Waals surface area contributed by atoms with Gasteiger partial charge in [-0.25, -0.2) is 27.6 Å². The quantitative estimate of drug-likeness (QED) is 0.102. The largest absolute Gasteiger partial charge is 0.415 e. The fourth-order valence-corrected chi connectivity index (χ4v) is 5.88. The second-order valence-corrected chi connectivity index (χ2v) is 13.6. The number of carbonyl (C=O) groups is 2. The molecule has 0 aliphatic heterocycles. The number of fused-ring (bicyclic) bond motifs is 1. The molecule has 12 nitrogen and oxygen atoms in total. The Morgan fingerprint density at radius 2 is 1.52 bits per heavy atom. The van der Waals surface area contributed by atoms with Crippen LogP contribution in [0.2, 0.25) is 0 Å². The summed E-state index contributed by atoms with van der Waals surface area (Å²) in [5.74, 6) is -0.398. The highest BCUT2D eigenvalue weighted by atomic mass is 32.2. The number of benzene rings is 1. The molecular formula is C33H49N7O5S. The van der Waals surface area contributed by atoms with E-state index in [1.807, 2.05) is 0 Å². The van der Waals surface area contributed by atoms with Crippen molar-refractivity contribution < 1.29 is 22.7 Å². The van der Waals surface area contributed by atoms with Crippen LogP contribution in [0, 0.1) is 6.57 Å². The van der Waals surface area contributed by atoms with Gasteiger partial charge in [-0.1, -0.05) is 90.2 Å². The molecule has 0 atom stereocenters. The third kappa shape index (κ3) is 9.97. The van der Waals surface area contributed by atoms with Crippen molar-refractivity contribution >= 4 is 39.0 Å². The standard InChI is InChI=1S/C33H49N7O5S/c1-7-9-11-13-15-19-23-39(24-20-16-14-12-10-8-2)33(42)45-32-28(34-3)27(31(41)38(4)5)30-35-29(36-40(30)32)25-21-17-18-22-26(25)37-46(6,43)44/h17-18,21-22,37H,7-16,19-20,23-24H2,1-2,4-6H3,(H,35,36). The Balaban J connectivity index is 1.99. The monoisotopic (exact) mass is 655 g/mol. The molecule has 0 fully saturated rings. The Morgan fingerprint density at radius 3 is 2.07 bits per heavy atom. The van der Waals surface area contributed by atoms with Crippen molar-refractivity contribution in [1.82, 2.24) is 24.4 Å². The van der Waals surface area contributed by atoms with E-state index in [0.717, 1.165) is 44.8 Å². The van der Waals surface area contributed by atoms with E-state index in [4.69, 9.17) is 11.3 Å². The lowest BCUT2D eigenvalue weighted by molar-refractivity contribution is 0.0830. The number of aromatic amines is 1. The average Bonchev–Trinajstić information content (AvgIpc) is 3.55. The average molecular weight is 656 g/mol. The van der Waals surface area contributed by atoms with Crippen molar-refractivity contribution in [2.75, 3.05) is 38.2 Å². The van der Waals surface area contributed by atoms with E-state index in [2.05, 4.69) is 33.5 Å². The van der Waals surface area contributed by atoms with Gasteiger partial charge in [0.2, 0.25) is 21.8 Å². The van der Waals surface area contributed by atoms with E-state index in [1.165, 1.54) is 47.9 Å². The summed E-state index contributed by atoms with van der Waals surface area (Å²) in [6.07, 6.45) is 13.4. The van der Waals surface area contributed by atoms with Crippen molar-refractivity contribution in [2.24, 2.45) is 0 Å². The van der Waals surface area contributed by atoms with Gasteiger partial charge in [0.1, 0.15) is 0 Å². The van der Waals surface area contributed by atoms with Crippen LogP contribution in [-0.2, 0) is 10.0 Å². The molecule has 46 heavy (non-hydrogen) atoms. The number of ether oxygens (including phenoxy) is 1. The van der Waals surface area contributed by atoms with Crippen molar-refractivity contribution in [3.8, 4) is 17.3 Å². The van der Waals surface area contributed by atoms with Gasteiger partial charge in [-0.15, -0.1) is 0 Å². The molecule has 0 aliphatic rings. The molecule has 3 aromatic rings. The summed E-state index contributed by atoms with van der Waals surface area (Å²) in [5.41, 5.74) is 0.635. The zero-order valence-corrected chi connectivity index (χ0v) is 28.7. The molecule has 0 saturated carbocycles. The van der Waals surface area contributed by atoms with E-state index < -0.39 is 22.0 Å². The molecule has 2 heterocycles. The van der Waals surface area contributed by atoms with E-state index in [1.54, 1.807) is 43.3 Å². The molecule has 0 aliphatic carbocycles. The number of hydrogen-bond acceptors (Lipinski definition) is 6. The highest BCUT2D eigenvalue weighted by molar-refractivity contribution is 7.92. The molecule has 2 amide bonds. The molecule has 0 radical (unpaired) electrons. The van der Waals surface area contributed by atoms with Gasteiger partial charge in [0, 0.05) is 32.7 Å². The van der Waals surface area contributed by atoms with Crippen LogP contribution < -0.4 is 9.46 Å². The molecule has 0 unspecified atom stereocenters. The third-order valence-electron chi connectivity index (χ3n) is 7.73. The van der Waals surface area contributed by atoms with Crippen LogP contribution in [0.15, 0.2) is 24.3 Å².